The van der Waals surface area contributed by atoms with Crippen LogP contribution in [0, 0.1) is 25.2 Å². The lowest BCUT2D eigenvalue weighted by molar-refractivity contribution is -0.136. The van der Waals surface area contributed by atoms with Crippen molar-refractivity contribution in [1.82, 2.24) is 4.98 Å². The number of allylic oxidation sites excluding steroid dienone is 1. The fraction of sp³-hybridized carbons (Fsp3) is 0.174. The van der Waals surface area contributed by atoms with Crippen LogP contribution >= 0.6 is 0 Å². The predicted molar refractivity (Wildman–Crippen MR) is 109 cm³/mol. The van der Waals surface area contributed by atoms with Gasteiger partial charge >= 0.3 is 5.97 Å². The Bertz CT molecular complexity index is 1140. The van der Waals surface area contributed by atoms with Gasteiger partial charge in [0.2, 0.25) is 0 Å². The minimum Gasteiger partial charge on any atom is -0.504 e. The molecule has 0 saturated heterocycles. The molecule has 0 spiro atoms. The summed E-state index contributed by atoms with van der Waals surface area (Å²) in [5.74, 6) is -1.22. The zero-order valence-electron chi connectivity index (χ0n) is 15.8. The van der Waals surface area contributed by atoms with Crippen LogP contribution in [0.5, 0.6) is 5.75 Å². The lowest BCUT2D eigenvalue weighted by atomic mass is 9.94. The molecule has 3 rings (SSSR count). The van der Waals surface area contributed by atoms with Gasteiger partial charge in [-0.15, -0.1) is 0 Å². The monoisotopic (exact) mass is 372 g/mol. The van der Waals surface area contributed by atoms with Gasteiger partial charge in [0, 0.05) is 11.8 Å². The van der Waals surface area contributed by atoms with Crippen LogP contribution in [0.1, 0.15) is 35.2 Å². The maximum absolute atomic E-state index is 10.8. The second-order valence-electron chi connectivity index (χ2n) is 6.79. The van der Waals surface area contributed by atoms with Crippen molar-refractivity contribution in [2.24, 2.45) is 0 Å². The summed E-state index contributed by atoms with van der Waals surface area (Å²) >= 11 is 0. The SMILES string of the molecule is C=C(CCC(=O)O)c1nc2cc(-c3c(C)cccc3C)ccc2c(C#N)c1O. The molecule has 0 amide bonds. The molecule has 5 nitrogen and oxygen atoms in total. The van der Waals surface area contributed by atoms with Gasteiger partial charge in [-0.2, -0.15) is 5.26 Å². The number of carboxylic acids is 1. The number of aliphatic carboxylic acids is 1. The standard InChI is InChI=1S/C23H20N2O3/c1-13-5-4-6-14(2)21(13)16-8-9-17-18(12-24)23(28)22(25-19(17)11-16)15(3)7-10-20(26)27/h4-6,8-9,11,28H,3,7,10H2,1-2H3,(H,26,27). The minimum atomic E-state index is -0.959. The number of fused-ring (bicyclic) bond motifs is 1. The van der Waals surface area contributed by atoms with Crippen molar-refractivity contribution in [3.05, 3.63) is 65.4 Å². The number of carboxylic acid groups (broad SMARTS) is 1. The van der Waals surface area contributed by atoms with Crippen molar-refractivity contribution in [2.75, 3.05) is 0 Å². The predicted octanol–water partition coefficient (Wildman–Crippen LogP) is 4.97. The van der Waals surface area contributed by atoms with E-state index in [1.54, 1.807) is 6.07 Å². The van der Waals surface area contributed by atoms with E-state index in [1.165, 1.54) is 0 Å². The van der Waals surface area contributed by atoms with Crippen molar-refractivity contribution < 1.29 is 15.0 Å². The molecule has 1 heterocycles. The molecule has 0 fully saturated rings. The summed E-state index contributed by atoms with van der Waals surface area (Å²) in [4.78, 5) is 15.4. The zero-order valence-corrected chi connectivity index (χ0v) is 15.8. The Labute approximate surface area is 163 Å². The molecular weight excluding hydrogens is 352 g/mol. The summed E-state index contributed by atoms with van der Waals surface area (Å²) in [5.41, 5.74) is 5.55. The smallest absolute Gasteiger partial charge is 0.303 e. The first kappa shape index (κ1) is 19.1. The van der Waals surface area contributed by atoms with E-state index in [-0.39, 0.29) is 29.8 Å². The molecule has 0 aliphatic heterocycles. The summed E-state index contributed by atoms with van der Waals surface area (Å²) < 4.78 is 0. The molecule has 0 atom stereocenters. The first-order valence-electron chi connectivity index (χ1n) is 8.86. The summed E-state index contributed by atoms with van der Waals surface area (Å²) in [6.07, 6.45) is 0.0190. The van der Waals surface area contributed by atoms with Gasteiger partial charge in [0.15, 0.2) is 5.75 Å². The van der Waals surface area contributed by atoms with Crippen molar-refractivity contribution in [1.29, 1.82) is 5.26 Å². The molecule has 0 saturated carbocycles. The van der Waals surface area contributed by atoms with Gasteiger partial charge in [0.05, 0.1) is 5.52 Å². The molecular formula is C23H20N2O3. The maximum atomic E-state index is 10.8. The van der Waals surface area contributed by atoms with Crippen LogP contribution in [0.2, 0.25) is 0 Å². The van der Waals surface area contributed by atoms with Crippen LogP contribution in [-0.2, 0) is 4.79 Å². The van der Waals surface area contributed by atoms with Crippen LogP contribution in [0.4, 0.5) is 0 Å². The molecule has 1 aromatic heterocycles. The molecule has 0 aliphatic carbocycles. The largest absolute Gasteiger partial charge is 0.504 e. The highest BCUT2D eigenvalue weighted by molar-refractivity contribution is 5.93. The van der Waals surface area contributed by atoms with E-state index in [0.717, 1.165) is 22.3 Å². The average molecular weight is 372 g/mol. The number of nitrogens with zero attached hydrogens (tertiary/aromatic N) is 2. The van der Waals surface area contributed by atoms with Gasteiger partial charge in [-0.25, -0.2) is 4.98 Å². The second-order valence-corrected chi connectivity index (χ2v) is 6.79. The Hall–Kier alpha value is -3.65. The van der Waals surface area contributed by atoms with E-state index in [1.807, 2.05) is 50.2 Å². The summed E-state index contributed by atoms with van der Waals surface area (Å²) in [6, 6.07) is 13.7. The first-order chi connectivity index (χ1) is 13.3. The Morgan fingerprint density at radius 2 is 1.86 bits per heavy atom. The number of hydrogen-bond donors (Lipinski definition) is 2. The fourth-order valence-electron chi connectivity index (χ4n) is 3.42. The van der Waals surface area contributed by atoms with Gasteiger partial charge in [-0.1, -0.05) is 36.9 Å². The Balaban J connectivity index is 2.20. The molecule has 0 aliphatic rings. The van der Waals surface area contributed by atoms with Crippen LogP contribution in [0.15, 0.2) is 43.0 Å². The highest BCUT2D eigenvalue weighted by atomic mass is 16.4. The van der Waals surface area contributed by atoms with Crippen molar-refractivity contribution >= 4 is 22.4 Å². The topological polar surface area (TPSA) is 94.2 Å². The third-order valence-electron chi connectivity index (χ3n) is 4.82. The molecule has 140 valence electrons. The van der Waals surface area contributed by atoms with E-state index in [4.69, 9.17) is 5.11 Å². The highest BCUT2D eigenvalue weighted by Gasteiger charge is 2.18. The molecule has 2 aromatic carbocycles. The third-order valence-corrected chi connectivity index (χ3v) is 4.82. The van der Waals surface area contributed by atoms with E-state index >= 15 is 0 Å². The Morgan fingerprint density at radius 1 is 1.18 bits per heavy atom. The maximum Gasteiger partial charge on any atom is 0.303 e. The Kier molecular flexibility index (Phi) is 5.14. The van der Waals surface area contributed by atoms with Crippen LogP contribution in [0.3, 0.4) is 0 Å². The lowest BCUT2D eigenvalue weighted by Gasteiger charge is -2.13. The van der Waals surface area contributed by atoms with Crippen molar-refractivity contribution in [2.45, 2.75) is 26.7 Å². The van der Waals surface area contributed by atoms with Crippen molar-refractivity contribution in [3.8, 4) is 22.9 Å². The van der Waals surface area contributed by atoms with Gasteiger partial charge in [-0.05, 0) is 54.2 Å². The average Bonchev–Trinajstić information content (AvgIpc) is 2.65. The van der Waals surface area contributed by atoms with E-state index in [0.29, 0.717) is 16.5 Å². The molecule has 28 heavy (non-hydrogen) atoms. The molecule has 0 bridgehead atoms. The van der Waals surface area contributed by atoms with Crippen molar-refractivity contribution in [3.63, 3.8) is 0 Å². The number of benzene rings is 2. The molecule has 2 N–H and O–H groups in total. The lowest BCUT2D eigenvalue weighted by Crippen LogP contribution is -1.99. The Morgan fingerprint density at radius 3 is 2.46 bits per heavy atom. The molecule has 5 heteroatoms. The zero-order chi connectivity index (χ0) is 20.4. The summed E-state index contributed by atoms with van der Waals surface area (Å²) in [7, 11) is 0. The number of aromatic nitrogens is 1. The van der Waals surface area contributed by atoms with Gasteiger partial charge in [0.25, 0.3) is 0 Å². The van der Waals surface area contributed by atoms with E-state index < -0.39 is 5.97 Å². The number of hydrogen-bond acceptors (Lipinski definition) is 4. The van der Waals surface area contributed by atoms with Crippen LogP contribution in [0.25, 0.3) is 27.6 Å². The number of nitriles is 1. The van der Waals surface area contributed by atoms with Gasteiger partial charge in [-0.3, -0.25) is 4.79 Å². The second kappa shape index (κ2) is 7.53. The number of pyridine rings is 1. The fourth-order valence-corrected chi connectivity index (χ4v) is 3.42. The number of rotatable bonds is 5. The number of aromatic hydroxyl groups is 1. The third kappa shape index (κ3) is 3.45. The van der Waals surface area contributed by atoms with E-state index in [2.05, 4.69) is 11.6 Å². The first-order valence-corrected chi connectivity index (χ1v) is 8.86. The highest BCUT2D eigenvalue weighted by Crippen LogP contribution is 2.36. The van der Waals surface area contributed by atoms with E-state index in [9.17, 15) is 15.2 Å². The van der Waals surface area contributed by atoms with Crippen LogP contribution < -0.4 is 0 Å². The van der Waals surface area contributed by atoms with Crippen LogP contribution in [-0.4, -0.2) is 21.2 Å². The summed E-state index contributed by atoms with van der Waals surface area (Å²) in [6.45, 7) is 7.93. The molecule has 0 unspecified atom stereocenters. The molecule has 3 aromatic rings. The van der Waals surface area contributed by atoms with Gasteiger partial charge in [0.1, 0.15) is 17.3 Å². The summed E-state index contributed by atoms with van der Waals surface area (Å²) in [5, 5.41) is 29.5. The minimum absolute atomic E-state index is 0.115. The number of aryl methyl sites for hydroxylation is 2. The quantitative estimate of drug-likeness (QED) is 0.659. The van der Waals surface area contributed by atoms with Gasteiger partial charge < -0.3 is 10.2 Å². The molecule has 0 radical (unpaired) electrons. The number of carbonyl (C=O) groups is 1. The normalized spacial score (nSPS) is 10.6.